The Kier molecular flexibility index (Phi) is 6.30. The summed E-state index contributed by atoms with van der Waals surface area (Å²) in [6.45, 7) is 2.32. The molecule has 0 saturated carbocycles. The topological polar surface area (TPSA) is 93.9 Å². The van der Waals surface area contributed by atoms with Gasteiger partial charge in [0.05, 0.1) is 10.7 Å². The molecule has 8 heteroatoms. The predicted octanol–water partition coefficient (Wildman–Crippen LogP) is 3.43. The molecular weight excluding hydrogens is 396 g/mol. The van der Waals surface area contributed by atoms with Gasteiger partial charge in [-0.3, -0.25) is 4.79 Å². The molecule has 2 aromatic rings. The molecule has 0 spiro atoms. The van der Waals surface area contributed by atoms with Crippen molar-refractivity contribution in [2.75, 3.05) is 25.0 Å². The van der Waals surface area contributed by atoms with Crippen LogP contribution in [0.25, 0.3) is 11.3 Å². The van der Waals surface area contributed by atoms with Crippen molar-refractivity contribution in [2.24, 2.45) is 0 Å². The smallest absolute Gasteiger partial charge is 0.222 e. The van der Waals surface area contributed by atoms with Gasteiger partial charge in [-0.15, -0.1) is 0 Å². The molecule has 0 unspecified atom stereocenters. The van der Waals surface area contributed by atoms with E-state index in [1.54, 1.807) is 12.3 Å². The van der Waals surface area contributed by atoms with Gasteiger partial charge in [0.2, 0.25) is 5.91 Å². The largest absolute Gasteiger partial charge is 0.370 e. The third-order valence-electron chi connectivity index (χ3n) is 4.93. The maximum Gasteiger partial charge on any atom is 0.222 e. The van der Waals surface area contributed by atoms with Crippen molar-refractivity contribution in [1.82, 2.24) is 20.2 Å². The van der Waals surface area contributed by atoms with Gasteiger partial charge in [-0.05, 0) is 24.5 Å². The summed E-state index contributed by atoms with van der Waals surface area (Å²) in [7, 11) is 0. The van der Waals surface area contributed by atoms with E-state index in [2.05, 4.69) is 26.7 Å². The highest BCUT2D eigenvalue weighted by Gasteiger charge is 2.20. The van der Waals surface area contributed by atoms with Gasteiger partial charge in [-0.1, -0.05) is 42.1 Å². The first kappa shape index (κ1) is 20.0. The minimum Gasteiger partial charge on any atom is -0.370 e. The Morgan fingerprint density at radius 2 is 2.17 bits per heavy atom. The first-order chi connectivity index (χ1) is 14.7. The van der Waals surface area contributed by atoms with Gasteiger partial charge in [-0.25, -0.2) is 9.97 Å². The molecule has 0 atom stereocenters. The highest BCUT2D eigenvalue weighted by Crippen LogP contribution is 2.34. The molecule has 0 bridgehead atoms. The van der Waals surface area contributed by atoms with E-state index in [9.17, 15) is 10.1 Å². The molecule has 2 aliphatic heterocycles. The first-order valence-corrected chi connectivity index (χ1v) is 10.8. The predicted molar refractivity (Wildman–Crippen MR) is 119 cm³/mol. The third-order valence-corrected chi connectivity index (χ3v) is 5.82. The minimum absolute atomic E-state index is 0.245. The standard InChI is InChI=1S/C22H22N6OS/c23-14-17(22-26-18(15-30-22)16-6-2-1-3-7-16)21-25-11-9-19(27-21)24-10-5-13-28-12-4-8-20(28)29/h1-3,6-7,9,11,15,26H,4-5,8,10,12-13H2,(H,24,25,27)/b22-17-. The Hall–Kier alpha value is -3.31. The second-order valence-corrected chi connectivity index (χ2v) is 7.87. The molecule has 7 nitrogen and oxygen atoms in total. The number of hydrogen-bond donors (Lipinski definition) is 2. The van der Waals surface area contributed by atoms with Crippen molar-refractivity contribution >= 4 is 34.8 Å². The van der Waals surface area contributed by atoms with E-state index >= 15 is 0 Å². The van der Waals surface area contributed by atoms with E-state index in [0.29, 0.717) is 30.2 Å². The number of aromatic nitrogens is 2. The number of anilines is 1. The Bertz CT molecular complexity index is 1030. The molecule has 0 aliphatic carbocycles. The Morgan fingerprint density at radius 3 is 2.93 bits per heavy atom. The van der Waals surface area contributed by atoms with E-state index in [1.165, 1.54) is 11.8 Å². The van der Waals surface area contributed by atoms with E-state index in [4.69, 9.17) is 0 Å². The number of thioether (sulfide) groups is 1. The van der Waals surface area contributed by atoms with Gasteiger partial charge in [-0.2, -0.15) is 5.26 Å². The van der Waals surface area contributed by atoms with Crippen molar-refractivity contribution in [1.29, 1.82) is 5.26 Å². The number of benzene rings is 1. The number of nitriles is 1. The van der Waals surface area contributed by atoms with Crippen LogP contribution in [0.1, 0.15) is 30.7 Å². The molecule has 1 fully saturated rings. The molecule has 3 heterocycles. The number of rotatable bonds is 7. The summed E-state index contributed by atoms with van der Waals surface area (Å²) in [5, 5.41) is 19.0. The van der Waals surface area contributed by atoms with Gasteiger partial charge < -0.3 is 15.5 Å². The SMILES string of the molecule is N#C/C(=C1\NC(c2ccccc2)=CS1)c1nccc(NCCCN2CCCC2=O)n1. The van der Waals surface area contributed by atoms with E-state index in [1.807, 2.05) is 40.6 Å². The van der Waals surface area contributed by atoms with Crippen LogP contribution >= 0.6 is 11.8 Å². The summed E-state index contributed by atoms with van der Waals surface area (Å²) in [4.78, 5) is 22.4. The zero-order chi connectivity index (χ0) is 20.8. The third kappa shape index (κ3) is 4.63. The summed E-state index contributed by atoms with van der Waals surface area (Å²) in [5.74, 6) is 1.30. The molecule has 4 rings (SSSR count). The highest BCUT2D eigenvalue weighted by molar-refractivity contribution is 8.06. The van der Waals surface area contributed by atoms with Crippen molar-refractivity contribution in [3.8, 4) is 6.07 Å². The zero-order valence-corrected chi connectivity index (χ0v) is 17.3. The Morgan fingerprint density at radius 1 is 1.30 bits per heavy atom. The monoisotopic (exact) mass is 418 g/mol. The maximum absolute atomic E-state index is 11.7. The summed E-state index contributed by atoms with van der Waals surface area (Å²) in [6, 6.07) is 14.0. The quantitative estimate of drug-likeness (QED) is 0.525. The van der Waals surface area contributed by atoms with Crippen LogP contribution in [0.15, 0.2) is 53.0 Å². The number of carbonyl (C=O) groups is 1. The van der Waals surface area contributed by atoms with E-state index in [0.717, 1.165) is 42.2 Å². The van der Waals surface area contributed by atoms with Crippen molar-refractivity contribution < 1.29 is 4.79 Å². The summed E-state index contributed by atoms with van der Waals surface area (Å²) < 4.78 is 0. The van der Waals surface area contributed by atoms with Gasteiger partial charge in [0.1, 0.15) is 17.5 Å². The van der Waals surface area contributed by atoms with Crippen LogP contribution in [-0.2, 0) is 4.79 Å². The molecule has 2 N–H and O–H groups in total. The van der Waals surface area contributed by atoms with Crippen LogP contribution in [0.3, 0.4) is 0 Å². The van der Waals surface area contributed by atoms with Crippen molar-refractivity contribution in [2.45, 2.75) is 19.3 Å². The lowest BCUT2D eigenvalue weighted by molar-refractivity contribution is -0.127. The Balaban J connectivity index is 1.39. The van der Waals surface area contributed by atoms with Crippen LogP contribution in [0.2, 0.25) is 0 Å². The molecule has 1 aromatic carbocycles. The second kappa shape index (κ2) is 9.46. The summed E-state index contributed by atoms with van der Waals surface area (Å²) >= 11 is 1.46. The molecule has 1 aromatic heterocycles. The van der Waals surface area contributed by atoms with Crippen LogP contribution in [-0.4, -0.2) is 40.4 Å². The number of likely N-dealkylation sites (tertiary alicyclic amines) is 1. The number of allylic oxidation sites excluding steroid dienone is 1. The van der Waals surface area contributed by atoms with E-state index < -0.39 is 0 Å². The lowest BCUT2D eigenvalue weighted by Gasteiger charge is -2.15. The fraction of sp³-hybridized carbons (Fsp3) is 0.273. The molecule has 0 radical (unpaired) electrons. The molecule has 30 heavy (non-hydrogen) atoms. The maximum atomic E-state index is 11.7. The van der Waals surface area contributed by atoms with E-state index in [-0.39, 0.29) is 5.91 Å². The minimum atomic E-state index is 0.245. The van der Waals surface area contributed by atoms with Gasteiger partial charge in [0.15, 0.2) is 5.82 Å². The number of nitrogens with one attached hydrogen (secondary N) is 2. The number of nitrogens with zero attached hydrogens (tertiary/aromatic N) is 4. The van der Waals surface area contributed by atoms with Crippen LogP contribution in [0, 0.1) is 11.3 Å². The fourth-order valence-corrected chi connectivity index (χ4v) is 4.24. The Labute approximate surface area is 179 Å². The summed E-state index contributed by atoms with van der Waals surface area (Å²) in [5.41, 5.74) is 2.42. The van der Waals surface area contributed by atoms with Crippen molar-refractivity contribution in [3.05, 3.63) is 64.4 Å². The fourth-order valence-electron chi connectivity index (χ4n) is 3.39. The lowest BCUT2D eigenvalue weighted by atomic mass is 10.2. The van der Waals surface area contributed by atoms with Crippen LogP contribution in [0.4, 0.5) is 5.82 Å². The molecule has 1 amide bonds. The number of hydrogen-bond acceptors (Lipinski definition) is 7. The van der Waals surface area contributed by atoms with Gasteiger partial charge >= 0.3 is 0 Å². The molecular formula is C22H22N6OS. The van der Waals surface area contributed by atoms with Crippen molar-refractivity contribution in [3.63, 3.8) is 0 Å². The normalized spacial score (nSPS) is 17.4. The lowest BCUT2D eigenvalue weighted by Crippen LogP contribution is -2.27. The average Bonchev–Trinajstić information content (AvgIpc) is 3.42. The zero-order valence-electron chi connectivity index (χ0n) is 16.5. The highest BCUT2D eigenvalue weighted by atomic mass is 32.2. The molecule has 1 saturated heterocycles. The van der Waals surface area contributed by atoms with Gasteiger partial charge in [0, 0.05) is 37.7 Å². The van der Waals surface area contributed by atoms with Crippen LogP contribution < -0.4 is 10.6 Å². The molecule has 2 aliphatic rings. The average molecular weight is 419 g/mol. The number of carbonyl (C=O) groups excluding carboxylic acids is 1. The summed E-state index contributed by atoms with van der Waals surface area (Å²) in [6.07, 6.45) is 4.12. The van der Waals surface area contributed by atoms with Crippen LogP contribution in [0.5, 0.6) is 0 Å². The molecule has 152 valence electrons. The first-order valence-electron chi connectivity index (χ1n) is 9.93. The number of amides is 1. The second-order valence-electron chi connectivity index (χ2n) is 6.99. The van der Waals surface area contributed by atoms with Gasteiger partial charge in [0.25, 0.3) is 0 Å².